The average Bonchev–Trinajstić information content (AvgIpc) is 2.84. The molecule has 6 unspecified atom stereocenters. The topological polar surface area (TPSA) is 20.2 Å². The van der Waals surface area contributed by atoms with Crippen molar-refractivity contribution in [1.29, 1.82) is 0 Å². The highest BCUT2D eigenvalue weighted by atomic mass is 16.3. The third kappa shape index (κ3) is 2.14. The summed E-state index contributed by atoms with van der Waals surface area (Å²) in [5.41, 5.74) is 2.26. The molecule has 0 aromatic carbocycles. The summed E-state index contributed by atoms with van der Waals surface area (Å²) in [6.45, 7) is 6.96. The number of rotatable bonds is 1. The molecule has 4 aliphatic rings. The van der Waals surface area contributed by atoms with Crippen LogP contribution in [-0.2, 0) is 0 Å². The molecule has 0 aliphatic heterocycles. The summed E-state index contributed by atoms with van der Waals surface area (Å²) in [6.07, 6.45) is 13.7. The summed E-state index contributed by atoms with van der Waals surface area (Å²) >= 11 is 0. The second-order valence-electron chi connectivity index (χ2n) is 9.34. The maximum atomic E-state index is 10.3. The molecule has 8 atom stereocenters. The molecule has 0 aromatic heterocycles. The highest BCUT2D eigenvalue weighted by Crippen LogP contribution is 2.64. The summed E-state index contributed by atoms with van der Waals surface area (Å²) < 4.78 is 0. The smallest absolute Gasteiger partial charge is 0.0545 e. The van der Waals surface area contributed by atoms with Gasteiger partial charge in [0.2, 0.25) is 0 Å². The lowest BCUT2D eigenvalue weighted by Crippen LogP contribution is -2.47. The predicted octanol–water partition coefficient (Wildman–Crippen LogP) is 5.19. The molecule has 1 nitrogen and oxygen atoms in total. The SMILES string of the molecule is CC1C=C2CCC3C(CC[C@]4(C)C3CC[C@H]4C(C)O)C2CC1. The van der Waals surface area contributed by atoms with Gasteiger partial charge in [0.25, 0.3) is 0 Å². The largest absolute Gasteiger partial charge is 0.393 e. The van der Waals surface area contributed by atoms with E-state index in [0.29, 0.717) is 11.3 Å². The van der Waals surface area contributed by atoms with Crippen molar-refractivity contribution in [2.75, 3.05) is 0 Å². The number of allylic oxidation sites excluding steroid dienone is 2. The van der Waals surface area contributed by atoms with Gasteiger partial charge in [-0.2, -0.15) is 0 Å². The fraction of sp³-hybridized carbons (Fsp3) is 0.905. The van der Waals surface area contributed by atoms with Crippen LogP contribution in [-0.4, -0.2) is 11.2 Å². The number of aliphatic hydroxyl groups excluding tert-OH is 1. The molecular formula is C21H34O. The molecule has 0 amide bonds. The Morgan fingerprint density at radius 3 is 2.68 bits per heavy atom. The van der Waals surface area contributed by atoms with Crippen LogP contribution in [0.5, 0.6) is 0 Å². The Bertz CT molecular complexity index is 465. The first kappa shape index (κ1) is 15.2. The maximum Gasteiger partial charge on any atom is 0.0545 e. The minimum absolute atomic E-state index is 0.110. The molecule has 4 aliphatic carbocycles. The van der Waals surface area contributed by atoms with Gasteiger partial charge in [-0.25, -0.2) is 0 Å². The van der Waals surface area contributed by atoms with Crippen LogP contribution in [0.25, 0.3) is 0 Å². The van der Waals surface area contributed by atoms with Gasteiger partial charge in [0.15, 0.2) is 0 Å². The average molecular weight is 303 g/mol. The molecule has 3 saturated carbocycles. The van der Waals surface area contributed by atoms with Gasteiger partial charge in [-0.05, 0) is 99.2 Å². The molecule has 124 valence electrons. The molecule has 0 bridgehead atoms. The van der Waals surface area contributed by atoms with Crippen molar-refractivity contribution in [3.8, 4) is 0 Å². The second kappa shape index (κ2) is 5.36. The van der Waals surface area contributed by atoms with Crippen LogP contribution in [0.2, 0.25) is 0 Å². The Labute approximate surface area is 136 Å². The van der Waals surface area contributed by atoms with Crippen LogP contribution in [0.1, 0.15) is 72.1 Å². The van der Waals surface area contributed by atoms with Gasteiger partial charge >= 0.3 is 0 Å². The van der Waals surface area contributed by atoms with Crippen LogP contribution in [0.4, 0.5) is 0 Å². The van der Waals surface area contributed by atoms with E-state index in [4.69, 9.17) is 0 Å². The maximum absolute atomic E-state index is 10.3. The van der Waals surface area contributed by atoms with E-state index in [-0.39, 0.29) is 6.10 Å². The molecule has 22 heavy (non-hydrogen) atoms. The second-order valence-corrected chi connectivity index (χ2v) is 9.34. The van der Waals surface area contributed by atoms with Crippen LogP contribution in [0.3, 0.4) is 0 Å². The van der Waals surface area contributed by atoms with Crippen molar-refractivity contribution >= 4 is 0 Å². The van der Waals surface area contributed by atoms with Crippen molar-refractivity contribution in [2.24, 2.45) is 40.9 Å². The van der Waals surface area contributed by atoms with Crippen LogP contribution >= 0.6 is 0 Å². The normalized spacial score (nSPS) is 52.3. The highest BCUT2D eigenvalue weighted by molar-refractivity contribution is 5.19. The van der Waals surface area contributed by atoms with Crippen molar-refractivity contribution in [1.82, 2.24) is 0 Å². The van der Waals surface area contributed by atoms with E-state index >= 15 is 0 Å². The van der Waals surface area contributed by atoms with Gasteiger partial charge < -0.3 is 5.11 Å². The zero-order valence-corrected chi connectivity index (χ0v) is 14.7. The minimum atomic E-state index is -0.110. The standard InChI is InChI=1S/C21H34O/c1-13-4-6-16-15(12-13)5-7-18-17(16)10-11-21(3)19(14(2)22)8-9-20(18)21/h12-14,16-20,22H,4-11H2,1-3H3/t13?,14?,16?,17?,18?,19-,20?,21-/m0/s1. The summed E-state index contributed by atoms with van der Waals surface area (Å²) in [4.78, 5) is 0. The lowest BCUT2D eigenvalue weighted by Gasteiger charge is -2.54. The lowest BCUT2D eigenvalue weighted by atomic mass is 9.51. The number of hydrogen-bond donors (Lipinski definition) is 1. The summed E-state index contributed by atoms with van der Waals surface area (Å²) in [6, 6.07) is 0. The monoisotopic (exact) mass is 302 g/mol. The van der Waals surface area contributed by atoms with E-state index in [1.54, 1.807) is 0 Å². The fourth-order valence-corrected chi connectivity index (χ4v) is 7.36. The van der Waals surface area contributed by atoms with Gasteiger partial charge in [-0.1, -0.05) is 25.5 Å². The molecule has 1 N–H and O–H groups in total. The Kier molecular flexibility index (Phi) is 3.72. The first-order valence-corrected chi connectivity index (χ1v) is 9.89. The van der Waals surface area contributed by atoms with E-state index in [1.165, 1.54) is 51.4 Å². The lowest BCUT2D eigenvalue weighted by molar-refractivity contribution is -0.0494. The van der Waals surface area contributed by atoms with Crippen molar-refractivity contribution in [2.45, 2.75) is 78.2 Å². The quantitative estimate of drug-likeness (QED) is 0.661. The molecule has 3 fully saturated rings. The molecule has 0 heterocycles. The molecule has 0 aromatic rings. The van der Waals surface area contributed by atoms with Gasteiger partial charge in [-0.3, -0.25) is 0 Å². The Balaban J connectivity index is 1.59. The predicted molar refractivity (Wildman–Crippen MR) is 91.4 cm³/mol. The van der Waals surface area contributed by atoms with E-state index in [9.17, 15) is 5.11 Å². The van der Waals surface area contributed by atoms with Crippen molar-refractivity contribution in [3.05, 3.63) is 11.6 Å². The third-order valence-electron chi connectivity index (χ3n) is 8.34. The first-order chi connectivity index (χ1) is 10.5. The zero-order chi connectivity index (χ0) is 15.5. The Morgan fingerprint density at radius 1 is 1.09 bits per heavy atom. The highest BCUT2D eigenvalue weighted by Gasteiger charge is 2.56. The van der Waals surface area contributed by atoms with Crippen molar-refractivity contribution < 1.29 is 5.11 Å². The third-order valence-corrected chi connectivity index (χ3v) is 8.34. The number of hydrogen-bond acceptors (Lipinski definition) is 1. The zero-order valence-electron chi connectivity index (χ0n) is 14.7. The van der Waals surface area contributed by atoms with Crippen molar-refractivity contribution in [3.63, 3.8) is 0 Å². The van der Waals surface area contributed by atoms with Gasteiger partial charge in [0.05, 0.1) is 6.10 Å². The van der Waals surface area contributed by atoms with Crippen LogP contribution in [0, 0.1) is 40.9 Å². The molecule has 0 spiro atoms. The minimum Gasteiger partial charge on any atom is -0.393 e. The number of fused-ring (bicyclic) bond motifs is 5. The molecular weight excluding hydrogens is 268 g/mol. The van der Waals surface area contributed by atoms with Gasteiger partial charge in [-0.15, -0.1) is 0 Å². The summed E-state index contributed by atoms with van der Waals surface area (Å²) in [5, 5.41) is 10.3. The van der Waals surface area contributed by atoms with E-state index in [1.807, 2.05) is 12.5 Å². The molecule has 4 rings (SSSR count). The number of aliphatic hydroxyl groups is 1. The van der Waals surface area contributed by atoms with Gasteiger partial charge in [0, 0.05) is 0 Å². The molecule has 0 radical (unpaired) electrons. The molecule has 1 heteroatoms. The summed E-state index contributed by atoms with van der Waals surface area (Å²) in [5.74, 6) is 5.12. The van der Waals surface area contributed by atoms with E-state index in [0.717, 1.165) is 29.6 Å². The fourth-order valence-electron chi connectivity index (χ4n) is 7.36. The van der Waals surface area contributed by atoms with Gasteiger partial charge in [0.1, 0.15) is 0 Å². The molecule has 0 saturated heterocycles. The summed E-state index contributed by atoms with van der Waals surface area (Å²) in [7, 11) is 0. The van der Waals surface area contributed by atoms with Crippen LogP contribution in [0.15, 0.2) is 11.6 Å². The Morgan fingerprint density at radius 2 is 1.91 bits per heavy atom. The van der Waals surface area contributed by atoms with E-state index < -0.39 is 0 Å². The first-order valence-electron chi connectivity index (χ1n) is 9.89. The van der Waals surface area contributed by atoms with E-state index in [2.05, 4.69) is 19.9 Å². The Hall–Kier alpha value is -0.300. The van der Waals surface area contributed by atoms with Crippen LogP contribution < -0.4 is 0 Å².